The van der Waals surface area contributed by atoms with Crippen molar-refractivity contribution in [2.45, 2.75) is 30.8 Å². The van der Waals surface area contributed by atoms with Gasteiger partial charge >= 0.3 is 0 Å². The molecule has 36 heavy (non-hydrogen) atoms. The van der Waals surface area contributed by atoms with Gasteiger partial charge in [-0.2, -0.15) is 0 Å². The first-order valence-electron chi connectivity index (χ1n) is 11.6. The number of hydrogen-bond donors (Lipinski definition) is 0. The fourth-order valence-electron chi connectivity index (χ4n) is 3.96. The van der Waals surface area contributed by atoms with Gasteiger partial charge in [0.05, 0.1) is 11.8 Å². The molecule has 0 saturated carbocycles. The Kier molecular flexibility index (Phi) is 5.90. The minimum atomic E-state index is -0.125. The van der Waals surface area contributed by atoms with Crippen molar-refractivity contribution >= 4 is 11.8 Å². The molecule has 2 aromatic heterocycles. The molecule has 0 fully saturated rings. The third-order valence-electron chi connectivity index (χ3n) is 5.90. The van der Waals surface area contributed by atoms with Crippen LogP contribution in [0.5, 0.6) is 11.5 Å². The van der Waals surface area contributed by atoms with Gasteiger partial charge in [0.1, 0.15) is 0 Å². The van der Waals surface area contributed by atoms with Gasteiger partial charge in [-0.25, -0.2) is 0 Å². The zero-order chi connectivity index (χ0) is 24.5. The van der Waals surface area contributed by atoms with E-state index in [2.05, 4.69) is 25.0 Å². The Morgan fingerprint density at radius 1 is 0.861 bits per heavy atom. The number of aromatic nitrogens is 5. The maximum absolute atomic E-state index is 6.01. The van der Waals surface area contributed by atoms with Crippen LogP contribution >= 0.6 is 11.8 Å². The van der Waals surface area contributed by atoms with E-state index in [9.17, 15) is 0 Å². The van der Waals surface area contributed by atoms with E-state index >= 15 is 0 Å². The number of benzene rings is 3. The summed E-state index contributed by atoms with van der Waals surface area (Å²) < 4.78 is 19.2. The summed E-state index contributed by atoms with van der Waals surface area (Å²) in [5.41, 5.74) is 4.13. The molecule has 1 unspecified atom stereocenters. The van der Waals surface area contributed by atoms with Crippen LogP contribution in [-0.2, 0) is 6.54 Å². The van der Waals surface area contributed by atoms with Crippen LogP contribution in [0.15, 0.2) is 82.4 Å². The van der Waals surface area contributed by atoms with E-state index in [4.69, 9.17) is 13.9 Å². The predicted octanol–water partition coefficient (Wildman–Crippen LogP) is 5.93. The number of rotatable bonds is 7. The number of hydrogen-bond acceptors (Lipinski definition) is 8. The molecule has 1 aliphatic rings. The number of thioether (sulfide) groups is 1. The summed E-state index contributed by atoms with van der Waals surface area (Å²) in [6.45, 7) is 4.89. The van der Waals surface area contributed by atoms with Crippen molar-refractivity contribution in [2.75, 3.05) is 6.79 Å². The molecule has 0 spiro atoms. The molecule has 0 saturated heterocycles. The molecule has 0 N–H and O–H groups in total. The molecule has 1 aliphatic heterocycles. The highest BCUT2D eigenvalue weighted by atomic mass is 32.2. The van der Waals surface area contributed by atoms with Crippen molar-refractivity contribution in [2.24, 2.45) is 0 Å². The van der Waals surface area contributed by atoms with Crippen molar-refractivity contribution in [1.29, 1.82) is 0 Å². The zero-order valence-corrected chi connectivity index (χ0v) is 20.6. The van der Waals surface area contributed by atoms with Crippen LogP contribution < -0.4 is 9.47 Å². The largest absolute Gasteiger partial charge is 0.454 e. The molecule has 8 nitrogen and oxygen atoms in total. The lowest BCUT2D eigenvalue weighted by Crippen LogP contribution is -2.05. The van der Waals surface area contributed by atoms with E-state index in [0.29, 0.717) is 18.3 Å². The van der Waals surface area contributed by atoms with Crippen LogP contribution in [0.1, 0.15) is 29.2 Å². The monoisotopic (exact) mass is 497 g/mol. The maximum atomic E-state index is 6.01. The molecule has 3 heterocycles. The Hall–Kier alpha value is -4.11. The number of ether oxygens (including phenoxy) is 2. The molecule has 5 aromatic rings. The Morgan fingerprint density at radius 2 is 1.67 bits per heavy atom. The van der Waals surface area contributed by atoms with E-state index in [1.807, 2.05) is 86.6 Å². The van der Waals surface area contributed by atoms with Crippen molar-refractivity contribution in [1.82, 2.24) is 25.0 Å². The lowest BCUT2D eigenvalue weighted by Gasteiger charge is -2.12. The highest BCUT2D eigenvalue weighted by Gasteiger charge is 2.22. The quantitative estimate of drug-likeness (QED) is 0.256. The van der Waals surface area contributed by atoms with Gasteiger partial charge in [0.15, 0.2) is 22.5 Å². The lowest BCUT2D eigenvalue weighted by atomic mass is 10.1. The Labute approximate surface area is 212 Å². The van der Waals surface area contributed by atoms with E-state index in [1.54, 1.807) is 0 Å². The number of aryl methyl sites for hydroxylation is 1. The van der Waals surface area contributed by atoms with Gasteiger partial charge in [-0.05, 0) is 43.7 Å². The van der Waals surface area contributed by atoms with Crippen LogP contribution in [0.25, 0.3) is 22.8 Å². The third kappa shape index (κ3) is 4.45. The molecule has 9 heteroatoms. The summed E-state index contributed by atoms with van der Waals surface area (Å²) in [5.74, 6) is 3.33. The molecule has 3 aromatic carbocycles. The summed E-state index contributed by atoms with van der Waals surface area (Å²) in [5, 5.41) is 18.3. The normalized spacial score (nSPS) is 13.2. The van der Waals surface area contributed by atoms with Crippen molar-refractivity contribution in [3.8, 4) is 34.3 Å². The standard InChI is InChI=1S/C27H23N5O3S/c1-17-8-11-21(12-9-17)26-30-29-25(35-26)18(2)36-27-31-28-24(20-6-4-3-5-7-20)32(27)15-19-10-13-22-23(14-19)34-16-33-22/h3-14,18H,15-16H2,1-2H3. The minimum absolute atomic E-state index is 0.125. The molecule has 1 atom stereocenters. The van der Waals surface area contributed by atoms with Crippen LogP contribution in [0, 0.1) is 6.92 Å². The molecule has 6 rings (SSSR count). The first kappa shape index (κ1) is 22.4. The van der Waals surface area contributed by atoms with E-state index < -0.39 is 0 Å². The topological polar surface area (TPSA) is 88.1 Å². The van der Waals surface area contributed by atoms with Crippen LogP contribution in [-0.4, -0.2) is 31.8 Å². The average Bonchev–Trinajstić information content (AvgIpc) is 3.65. The summed E-state index contributed by atoms with van der Waals surface area (Å²) in [4.78, 5) is 0. The molecule has 0 amide bonds. The summed E-state index contributed by atoms with van der Waals surface area (Å²) in [6.07, 6.45) is 0. The Balaban J connectivity index is 1.30. The van der Waals surface area contributed by atoms with E-state index in [1.165, 1.54) is 17.3 Å². The highest BCUT2D eigenvalue weighted by molar-refractivity contribution is 7.99. The van der Waals surface area contributed by atoms with Gasteiger partial charge in [0.2, 0.25) is 18.6 Å². The number of fused-ring (bicyclic) bond motifs is 1. The third-order valence-corrected chi connectivity index (χ3v) is 6.96. The molecule has 0 radical (unpaired) electrons. The molecular weight excluding hydrogens is 474 g/mol. The van der Waals surface area contributed by atoms with Gasteiger partial charge in [-0.1, -0.05) is 65.9 Å². The second kappa shape index (κ2) is 9.50. The van der Waals surface area contributed by atoms with E-state index in [0.717, 1.165) is 39.2 Å². The fourth-order valence-corrected chi connectivity index (χ4v) is 4.84. The molecular formula is C27H23N5O3S. The van der Waals surface area contributed by atoms with Gasteiger partial charge < -0.3 is 13.9 Å². The zero-order valence-electron chi connectivity index (χ0n) is 19.8. The average molecular weight is 498 g/mol. The first-order chi connectivity index (χ1) is 17.6. The van der Waals surface area contributed by atoms with Crippen LogP contribution in [0.2, 0.25) is 0 Å². The lowest BCUT2D eigenvalue weighted by molar-refractivity contribution is 0.174. The van der Waals surface area contributed by atoms with Crippen LogP contribution in [0.3, 0.4) is 0 Å². The Bertz CT molecular complexity index is 1500. The van der Waals surface area contributed by atoms with Gasteiger partial charge in [-0.15, -0.1) is 20.4 Å². The predicted molar refractivity (Wildman–Crippen MR) is 136 cm³/mol. The van der Waals surface area contributed by atoms with Gasteiger partial charge in [0.25, 0.3) is 0 Å². The van der Waals surface area contributed by atoms with Crippen molar-refractivity contribution in [3.63, 3.8) is 0 Å². The molecule has 0 bridgehead atoms. The molecule has 0 aliphatic carbocycles. The summed E-state index contributed by atoms with van der Waals surface area (Å²) in [6, 6.07) is 24.0. The SMILES string of the molecule is Cc1ccc(-c2nnc(C(C)Sc3nnc(-c4ccccc4)n3Cc3ccc4c(c3)OCO4)o2)cc1. The summed E-state index contributed by atoms with van der Waals surface area (Å²) >= 11 is 1.53. The number of nitrogens with zero attached hydrogens (tertiary/aromatic N) is 5. The first-order valence-corrected chi connectivity index (χ1v) is 12.5. The maximum Gasteiger partial charge on any atom is 0.247 e. The van der Waals surface area contributed by atoms with E-state index in [-0.39, 0.29) is 12.0 Å². The van der Waals surface area contributed by atoms with Crippen molar-refractivity contribution in [3.05, 3.63) is 89.8 Å². The van der Waals surface area contributed by atoms with Crippen LogP contribution in [0.4, 0.5) is 0 Å². The fraction of sp³-hybridized carbons (Fsp3) is 0.185. The van der Waals surface area contributed by atoms with Gasteiger partial charge in [0, 0.05) is 11.1 Å². The minimum Gasteiger partial charge on any atom is -0.454 e. The van der Waals surface area contributed by atoms with Gasteiger partial charge in [-0.3, -0.25) is 4.57 Å². The molecule has 180 valence electrons. The summed E-state index contributed by atoms with van der Waals surface area (Å²) in [7, 11) is 0. The second-order valence-corrected chi connectivity index (χ2v) is 9.83. The highest BCUT2D eigenvalue weighted by Crippen LogP contribution is 2.37. The Morgan fingerprint density at radius 3 is 2.50 bits per heavy atom. The van der Waals surface area contributed by atoms with Crippen molar-refractivity contribution < 1.29 is 13.9 Å². The smallest absolute Gasteiger partial charge is 0.247 e. The second-order valence-electron chi connectivity index (χ2n) is 8.52.